The molecule has 0 fully saturated rings. The molecule has 1 aromatic carbocycles. The number of nitrogen functional groups attached to an aromatic ring is 1. The van der Waals surface area contributed by atoms with Gasteiger partial charge in [-0.25, -0.2) is 4.79 Å². The van der Waals surface area contributed by atoms with Crippen molar-refractivity contribution < 1.29 is 24.2 Å². The van der Waals surface area contributed by atoms with Gasteiger partial charge in [0.05, 0.1) is 12.6 Å². The largest absolute Gasteiger partial charge is 0.480 e. The van der Waals surface area contributed by atoms with Crippen molar-refractivity contribution in [3.63, 3.8) is 0 Å². The van der Waals surface area contributed by atoms with Gasteiger partial charge in [-0.1, -0.05) is 51.9 Å². The summed E-state index contributed by atoms with van der Waals surface area (Å²) in [5.41, 5.74) is 6.55. The number of hydrogen-bond acceptors (Lipinski definition) is 10. The normalized spacial score (nSPS) is 14.5. The van der Waals surface area contributed by atoms with Gasteiger partial charge >= 0.3 is 11.9 Å². The van der Waals surface area contributed by atoms with E-state index in [1.54, 1.807) is 24.3 Å². The highest BCUT2D eigenvalue weighted by molar-refractivity contribution is 5.97. The van der Waals surface area contributed by atoms with Crippen molar-refractivity contribution in [2.75, 3.05) is 41.4 Å². The van der Waals surface area contributed by atoms with E-state index in [2.05, 4.69) is 38.2 Å². The number of carbonyl (C=O) groups is 3. The van der Waals surface area contributed by atoms with Crippen LogP contribution < -0.4 is 32.6 Å². The molecule has 42 heavy (non-hydrogen) atoms. The molecule has 1 aliphatic rings. The van der Waals surface area contributed by atoms with Crippen LogP contribution in [0.25, 0.3) is 0 Å². The van der Waals surface area contributed by atoms with Gasteiger partial charge in [-0.15, -0.1) is 0 Å². The van der Waals surface area contributed by atoms with Gasteiger partial charge < -0.3 is 36.8 Å². The number of carboxylic acids is 1. The molecular weight excluding hydrogens is 542 g/mol. The van der Waals surface area contributed by atoms with Crippen molar-refractivity contribution in [3.05, 3.63) is 40.2 Å². The summed E-state index contributed by atoms with van der Waals surface area (Å²) in [5.74, 6) is -1.80. The number of unbranched alkanes of at least 4 members (excludes halogenated alkanes) is 7. The van der Waals surface area contributed by atoms with Gasteiger partial charge in [0.2, 0.25) is 5.95 Å². The maximum absolute atomic E-state index is 12.7. The van der Waals surface area contributed by atoms with Crippen molar-refractivity contribution in [1.29, 1.82) is 0 Å². The second-order valence-corrected chi connectivity index (χ2v) is 10.5. The molecule has 1 aliphatic heterocycles. The van der Waals surface area contributed by atoms with Crippen LogP contribution in [0, 0.1) is 0 Å². The lowest BCUT2D eigenvalue weighted by Crippen LogP contribution is -2.41. The van der Waals surface area contributed by atoms with Gasteiger partial charge in [0.1, 0.15) is 11.7 Å². The Hall–Kier alpha value is -4.29. The van der Waals surface area contributed by atoms with Crippen molar-refractivity contribution in [1.82, 2.24) is 15.3 Å². The van der Waals surface area contributed by atoms with Gasteiger partial charge in [-0.05, 0) is 37.1 Å². The number of ether oxygens (including phenoxy) is 1. The molecule has 0 saturated carbocycles. The van der Waals surface area contributed by atoms with E-state index in [9.17, 15) is 24.3 Å². The van der Waals surface area contributed by atoms with Gasteiger partial charge in [-0.2, -0.15) is 4.98 Å². The molecule has 0 radical (unpaired) electrons. The van der Waals surface area contributed by atoms with Gasteiger partial charge in [-0.3, -0.25) is 19.4 Å². The molecule has 8 N–H and O–H groups in total. The zero-order chi connectivity index (χ0) is 30.3. The number of nitrogens with two attached hydrogens (primary N) is 1. The molecule has 3 rings (SSSR count). The minimum absolute atomic E-state index is 0.0373. The van der Waals surface area contributed by atoms with Crippen molar-refractivity contribution in [3.8, 4) is 0 Å². The fourth-order valence-electron chi connectivity index (χ4n) is 4.59. The summed E-state index contributed by atoms with van der Waals surface area (Å²) in [7, 11) is 0. The number of hydrogen-bond donors (Lipinski definition) is 7. The molecule has 0 aliphatic carbocycles. The number of esters is 1. The minimum atomic E-state index is -1.22. The first kappa shape index (κ1) is 32.2. The molecule has 13 heteroatoms. The predicted molar refractivity (Wildman–Crippen MR) is 162 cm³/mol. The number of amides is 1. The SMILES string of the molecule is CCCCCCCCCCOC(=O)CC[C@H](NC(=O)c1ccc(NCC2CNc3nc(N)[nH]c(=O)c3N2)cc1)C(=O)O. The number of nitrogens with zero attached hydrogens (tertiary/aromatic N) is 1. The number of benzene rings is 1. The number of nitrogens with one attached hydrogen (secondary N) is 5. The van der Waals surface area contributed by atoms with E-state index in [0.29, 0.717) is 31.2 Å². The van der Waals surface area contributed by atoms with Gasteiger partial charge in [0.15, 0.2) is 5.82 Å². The third-order valence-electron chi connectivity index (χ3n) is 7.00. The first-order valence-corrected chi connectivity index (χ1v) is 14.7. The summed E-state index contributed by atoms with van der Waals surface area (Å²) < 4.78 is 5.23. The van der Waals surface area contributed by atoms with Crippen LogP contribution in [-0.4, -0.2) is 64.7 Å². The lowest BCUT2D eigenvalue weighted by Gasteiger charge is -2.27. The molecule has 0 spiro atoms. The lowest BCUT2D eigenvalue weighted by molar-refractivity contribution is -0.144. The van der Waals surface area contributed by atoms with Crippen molar-refractivity contribution >= 4 is 41.0 Å². The third kappa shape index (κ3) is 10.6. The van der Waals surface area contributed by atoms with E-state index in [1.807, 2.05) is 0 Å². The smallest absolute Gasteiger partial charge is 0.326 e. The third-order valence-corrected chi connectivity index (χ3v) is 7.00. The predicted octanol–water partition coefficient (Wildman–Crippen LogP) is 3.32. The molecule has 0 bridgehead atoms. The molecular formula is C29H43N7O6. The van der Waals surface area contributed by atoms with E-state index in [1.165, 1.54) is 32.1 Å². The number of carboxylic acid groups (broad SMARTS) is 1. The van der Waals surface area contributed by atoms with E-state index in [4.69, 9.17) is 10.5 Å². The number of aromatic nitrogens is 2. The van der Waals surface area contributed by atoms with Crippen LogP contribution in [-0.2, 0) is 14.3 Å². The summed E-state index contributed by atoms with van der Waals surface area (Å²) in [5, 5.41) is 21.5. The molecule has 2 aromatic rings. The number of aliphatic carboxylic acids is 1. The minimum Gasteiger partial charge on any atom is -0.480 e. The molecule has 2 heterocycles. The fraction of sp³-hybridized carbons (Fsp3) is 0.552. The molecule has 0 saturated heterocycles. The van der Waals surface area contributed by atoms with E-state index in [0.717, 1.165) is 24.9 Å². The number of rotatable bonds is 18. The standard InChI is InChI=1S/C29H43N7O6/c1-2-3-4-5-6-7-8-9-16-42-23(37)15-14-22(28(40)41)34-26(38)19-10-12-20(13-11-19)31-17-21-18-32-25-24(33-21)27(39)36-29(30)35-25/h10-13,21-22,31,33H,2-9,14-18H2,1H3,(H,34,38)(H,40,41)(H4,30,32,35,36,39)/t21?,22-/m0/s1. The zero-order valence-electron chi connectivity index (χ0n) is 24.2. The second-order valence-electron chi connectivity index (χ2n) is 10.5. The molecule has 230 valence electrons. The Bertz CT molecular complexity index is 1230. The summed E-state index contributed by atoms with van der Waals surface area (Å²) in [6.45, 7) is 3.50. The Labute approximate surface area is 245 Å². The highest BCUT2D eigenvalue weighted by atomic mass is 16.5. The van der Waals surface area contributed by atoms with E-state index in [-0.39, 0.29) is 36.0 Å². The highest BCUT2D eigenvalue weighted by Gasteiger charge is 2.23. The van der Waals surface area contributed by atoms with Gasteiger partial charge in [0.25, 0.3) is 11.5 Å². The summed E-state index contributed by atoms with van der Waals surface area (Å²) >= 11 is 0. The number of fused-ring (bicyclic) bond motifs is 1. The van der Waals surface area contributed by atoms with Crippen LogP contribution in [0.3, 0.4) is 0 Å². The van der Waals surface area contributed by atoms with E-state index >= 15 is 0 Å². The zero-order valence-corrected chi connectivity index (χ0v) is 24.2. The Morgan fingerprint density at radius 3 is 2.48 bits per heavy atom. The molecule has 1 amide bonds. The first-order chi connectivity index (χ1) is 20.3. The summed E-state index contributed by atoms with van der Waals surface area (Å²) in [6, 6.07) is 5.22. The number of anilines is 4. The molecule has 1 aromatic heterocycles. The summed E-state index contributed by atoms with van der Waals surface area (Å²) in [4.78, 5) is 55.1. The molecule has 13 nitrogen and oxygen atoms in total. The average molecular weight is 586 g/mol. The monoisotopic (exact) mass is 585 g/mol. The highest BCUT2D eigenvalue weighted by Crippen LogP contribution is 2.20. The van der Waals surface area contributed by atoms with Gasteiger partial charge in [0, 0.05) is 30.8 Å². The number of H-pyrrole nitrogens is 1. The maximum Gasteiger partial charge on any atom is 0.326 e. The van der Waals surface area contributed by atoms with Crippen LogP contribution in [0.5, 0.6) is 0 Å². The lowest BCUT2D eigenvalue weighted by atomic mass is 10.1. The second kappa shape index (κ2) is 16.8. The average Bonchev–Trinajstić information content (AvgIpc) is 2.97. The Morgan fingerprint density at radius 1 is 1.10 bits per heavy atom. The van der Waals surface area contributed by atoms with Crippen molar-refractivity contribution in [2.24, 2.45) is 0 Å². The van der Waals surface area contributed by atoms with E-state index < -0.39 is 23.9 Å². The maximum atomic E-state index is 12.7. The molecule has 2 atom stereocenters. The molecule has 1 unspecified atom stereocenters. The van der Waals surface area contributed by atoms with Crippen LogP contribution in [0.4, 0.5) is 23.1 Å². The Balaban J connectivity index is 1.36. The number of carbonyl (C=O) groups excluding carboxylic acids is 2. The Kier molecular flexibility index (Phi) is 12.9. The van der Waals surface area contributed by atoms with Crippen molar-refractivity contribution in [2.45, 2.75) is 83.2 Å². The van der Waals surface area contributed by atoms with Crippen LogP contribution in [0.15, 0.2) is 29.1 Å². The van der Waals surface area contributed by atoms with Crippen LogP contribution >= 0.6 is 0 Å². The number of aromatic amines is 1. The summed E-state index contributed by atoms with van der Waals surface area (Å²) in [6.07, 6.45) is 8.94. The van der Waals surface area contributed by atoms with Crippen LogP contribution in [0.1, 0.15) is 81.5 Å². The first-order valence-electron chi connectivity index (χ1n) is 14.7. The fourth-order valence-corrected chi connectivity index (χ4v) is 4.59. The topological polar surface area (TPSA) is 201 Å². The Morgan fingerprint density at radius 2 is 1.79 bits per heavy atom. The van der Waals surface area contributed by atoms with Crippen LogP contribution in [0.2, 0.25) is 0 Å². The quantitative estimate of drug-likeness (QED) is 0.0999.